The third kappa shape index (κ3) is 6.28. The van der Waals surface area contributed by atoms with Crippen molar-refractivity contribution >= 4 is 27.7 Å². The van der Waals surface area contributed by atoms with E-state index in [0.29, 0.717) is 25.4 Å². The molecule has 1 fully saturated rings. The first-order valence-electron chi connectivity index (χ1n) is 9.29. The Kier molecular flexibility index (Phi) is 8.44. The van der Waals surface area contributed by atoms with Crippen LogP contribution in [-0.2, 0) is 14.8 Å². The predicted octanol–water partition coefficient (Wildman–Crippen LogP) is 2.84. The molecule has 1 saturated heterocycles. The van der Waals surface area contributed by atoms with Crippen LogP contribution in [0.1, 0.15) is 44.1 Å². The molecule has 1 heterocycles. The van der Waals surface area contributed by atoms with Crippen LogP contribution >= 0.6 is 11.8 Å². The van der Waals surface area contributed by atoms with Crippen LogP contribution in [0.3, 0.4) is 0 Å². The van der Waals surface area contributed by atoms with Crippen molar-refractivity contribution in [3.8, 4) is 0 Å². The summed E-state index contributed by atoms with van der Waals surface area (Å²) in [6, 6.07) is 9.78. The van der Waals surface area contributed by atoms with Crippen molar-refractivity contribution in [1.82, 2.24) is 9.62 Å². The number of hydrogen-bond acceptors (Lipinski definition) is 4. The van der Waals surface area contributed by atoms with Crippen molar-refractivity contribution < 1.29 is 13.2 Å². The molecular weight excluding hydrogens is 368 g/mol. The van der Waals surface area contributed by atoms with Gasteiger partial charge in [-0.3, -0.25) is 4.79 Å². The first-order chi connectivity index (χ1) is 12.5. The highest BCUT2D eigenvalue weighted by molar-refractivity contribution is 7.98. The molecule has 1 aromatic rings. The quantitative estimate of drug-likeness (QED) is 0.731. The van der Waals surface area contributed by atoms with Gasteiger partial charge >= 0.3 is 0 Å². The van der Waals surface area contributed by atoms with Crippen LogP contribution in [0.4, 0.5) is 0 Å². The van der Waals surface area contributed by atoms with Crippen molar-refractivity contribution in [2.45, 2.75) is 44.6 Å². The summed E-state index contributed by atoms with van der Waals surface area (Å²) in [6.45, 7) is 2.97. The number of carbonyl (C=O) groups is 1. The lowest BCUT2D eigenvalue weighted by Crippen LogP contribution is -2.49. The van der Waals surface area contributed by atoms with Gasteiger partial charge in [0, 0.05) is 13.1 Å². The van der Waals surface area contributed by atoms with Crippen LogP contribution in [0.15, 0.2) is 30.3 Å². The zero-order valence-electron chi connectivity index (χ0n) is 15.7. The Morgan fingerprint density at radius 1 is 1.27 bits per heavy atom. The minimum absolute atomic E-state index is 0.00781. The number of likely N-dealkylation sites (tertiary alicyclic amines) is 1. The molecule has 0 aliphatic carbocycles. The van der Waals surface area contributed by atoms with E-state index in [1.807, 2.05) is 17.2 Å². The van der Waals surface area contributed by atoms with Crippen molar-refractivity contribution in [2.75, 3.05) is 30.9 Å². The summed E-state index contributed by atoms with van der Waals surface area (Å²) in [5.41, 5.74) is 1.33. The number of thioether (sulfide) groups is 1. The van der Waals surface area contributed by atoms with Crippen LogP contribution < -0.4 is 4.72 Å². The summed E-state index contributed by atoms with van der Waals surface area (Å²) in [6.07, 6.45) is 5.42. The van der Waals surface area contributed by atoms with Gasteiger partial charge in [0.1, 0.15) is 6.04 Å². The molecule has 0 saturated carbocycles. The number of carbonyl (C=O) groups excluding carboxylic acids is 1. The van der Waals surface area contributed by atoms with Gasteiger partial charge in [0.25, 0.3) is 0 Å². The highest BCUT2D eigenvalue weighted by Gasteiger charge is 2.29. The van der Waals surface area contributed by atoms with Gasteiger partial charge in [-0.05, 0) is 56.1 Å². The normalized spacial score (nSPS) is 19.8. The minimum Gasteiger partial charge on any atom is -0.341 e. The van der Waals surface area contributed by atoms with Gasteiger partial charge < -0.3 is 4.90 Å². The van der Waals surface area contributed by atoms with E-state index in [0.717, 1.165) is 25.0 Å². The minimum atomic E-state index is -3.40. The average molecular weight is 399 g/mol. The van der Waals surface area contributed by atoms with Crippen LogP contribution in [0.5, 0.6) is 0 Å². The van der Waals surface area contributed by atoms with Gasteiger partial charge in [0.15, 0.2) is 0 Å². The van der Waals surface area contributed by atoms with E-state index in [2.05, 4.69) is 29.0 Å². The van der Waals surface area contributed by atoms with E-state index in [1.54, 1.807) is 18.7 Å². The molecule has 1 amide bonds. The first kappa shape index (κ1) is 21.3. The largest absolute Gasteiger partial charge is 0.341 e. The summed E-state index contributed by atoms with van der Waals surface area (Å²) in [5, 5.41) is 0. The summed E-state index contributed by atoms with van der Waals surface area (Å²) >= 11 is 1.62. The second-order valence-corrected chi connectivity index (χ2v) is 9.75. The van der Waals surface area contributed by atoms with Gasteiger partial charge in [-0.25, -0.2) is 13.1 Å². The van der Waals surface area contributed by atoms with Crippen LogP contribution in [-0.4, -0.2) is 56.1 Å². The second kappa shape index (κ2) is 10.3. The third-order valence-electron chi connectivity index (χ3n) is 4.92. The Hall–Kier alpha value is -1.05. The molecule has 0 bridgehead atoms. The highest BCUT2D eigenvalue weighted by atomic mass is 32.2. The molecular formula is C19H30N2O3S2. The average Bonchev–Trinajstić information content (AvgIpc) is 2.91. The fourth-order valence-electron chi connectivity index (χ4n) is 3.36. The van der Waals surface area contributed by atoms with Gasteiger partial charge in [-0.2, -0.15) is 11.8 Å². The van der Waals surface area contributed by atoms with E-state index in [9.17, 15) is 13.2 Å². The van der Waals surface area contributed by atoms with Gasteiger partial charge in [-0.1, -0.05) is 30.3 Å². The van der Waals surface area contributed by atoms with Crippen molar-refractivity contribution in [2.24, 2.45) is 0 Å². The molecule has 1 aromatic carbocycles. The van der Waals surface area contributed by atoms with Crippen molar-refractivity contribution in [3.63, 3.8) is 0 Å². The Balaban J connectivity index is 2.03. The Bertz CT molecular complexity index is 665. The molecule has 0 spiro atoms. The standard InChI is InChI=1S/C19H30N2O3S2/c1-3-26(23,24)20-18(12-15-25-2)19(22)21-13-7-10-17(11-14-21)16-8-5-4-6-9-16/h4-6,8-9,17-18,20H,3,7,10-15H2,1-2H3. The van der Waals surface area contributed by atoms with Crippen LogP contribution in [0, 0.1) is 0 Å². The molecule has 26 heavy (non-hydrogen) atoms. The topological polar surface area (TPSA) is 66.5 Å². The Morgan fingerprint density at radius 2 is 2.00 bits per heavy atom. The lowest BCUT2D eigenvalue weighted by atomic mass is 9.92. The fourth-order valence-corrected chi connectivity index (χ4v) is 4.65. The number of nitrogens with one attached hydrogen (secondary N) is 1. The van der Waals surface area contributed by atoms with E-state index < -0.39 is 16.1 Å². The maximum Gasteiger partial charge on any atom is 0.240 e. The molecule has 146 valence electrons. The van der Waals surface area contributed by atoms with Gasteiger partial charge in [0.05, 0.1) is 5.75 Å². The second-order valence-electron chi connectivity index (χ2n) is 6.72. The SMILES string of the molecule is CCS(=O)(=O)NC(CCSC)C(=O)N1CCCC(c2ccccc2)CC1. The molecule has 2 atom stereocenters. The van der Waals surface area contributed by atoms with E-state index in [1.165, 1.54) is 5.56 Å². The summed E-state index contributed by atoms with van der Waals surface area (Å²) in [7, 11) is -3.40. The fraction of sp³-hybridized carbons (Fsp3) is 0.632. The zero-order chi connectivity index (χ0) is 19.0. The molecule has 7 heteroatoms. The number of rotatable bonds is 8. The first-order valence-corrected chi connectivity index (χ1v) is 12.3. The third-order valence-corrected chi connectivity index (χ3v) is 6.97. The highest BCUT2D eigenvalue weighted by Crippen LogP contribution is 2.28. The predicted molar refractivity (Wildman–Crippen MR) is 109 cm³/mol. The summed E-state index contributed by atoms with van der Waals surface area (Å²) in [5.74, 6) is 1.13. The number of amides is 1. The lowest BCUT2D eigenvalue weighted by molar-refractivity contribution is -0.133. The molecule has 0 radical (unpaired) electrons. The Morgan fingerprint density at radius 3 is 2.65 bits per heavy atom. The molecule has 5 nitrogen and oxygen atoms in total. The number of hydrogen-bond donors (Lipinski definition) is 1. The monoisotopic (exact) mass is 398 g/mol. The molecule has 1 aliphatic heterocycles. The summed E-state index contributed by atoms with van der Waals surface area (Å²) in [4.78, 5) is 14.8. The van der Waals surface area contributed by atoms with E-state index in [-0.39, 0.29) is 11.7 Å². The van der Waals surface area contributed by atoms with Crippen LogP contribution in [0.2, 0.25) is 0 Å². The maximum atomic E-state index is 13.0. The number of benzene rings is 1. The van der Waals surface area contributed by atoms with E-state index >= 15 is 0 Å². The molecule has 2 unspecified atom stereocenters. The Labute approximate surface area is 162 Å². The molecule has 1 N–H and O–H groups in total. The van der Waals surface area contributed by atoms with Crippen molar-refractivity contribution in [3.05, 3.63) is 35.9 Å². The summed E-state index contributed by atoms with van der Waals surface area (Å²) < 4.78 is 26.6. The zero-order valence-corrected chi connectivity index (χ0v) is 17.3. The number of nitrogens with zero attached hydrogens (tertiary/aromatic N) is 1. The maximum absolute atomic E-state index is 13.0. The van der Waals surface area contributed by atoms with Gasteiger partial charge in [-0.15, -0.1) is 0 Å². The van der Waals surface area contributed by atoms with Crippen molar-refractivity contribution in [1.29, 1.82) is 0 Å². The molecule has 0 aromatic heterocycles. The molecule has 2 rings (SSSR count). The van der Waals surface area contributed by atoms with Gasteiger partial charge in [0.2, 0.25) is 15.9 Å². The van der Waals surface area contributed by atoms with Crippen LogP contribution in [0.25, 0.3) is 0 Å². The lowest BCUT2D eigenvalue weighted by Gasteiger charge is -2.26. The number of sulfonamides is 1. The smallest absolute Gasteiger partial charge is 0.240 e. The molecule has 1 aliphatic rings. The van der Waals surface area contributed by atoms with E-state index in [4.69, 9.17) is 0 Å².